The van der Waals surface area contributed by atoms with Gasteiger partial charge in [0.2, 0.25) is 10.0 Å². The van der Waals surface area contributed by atoms with Crippen molar-refractivity contribution in [1.29, 1.82) is 0 Å². The number of nitrogens with one attached hydrogen (secondary N) is 1. The minimum Gasteiger partial charge on any atom is -0.492 e. The highest BCUT2D eigenvalue weighted by atomic mass is 35.5. The summed E-state index contributed by atoms with van der Waals surface area (Å²) in [7, 11) is -3.32. The Morgan fingerprint density at radius 3 is 2.62 bits per heavy atom. The monoisotopic (exact) mass is 263 g/mol. The number of anilines is 1. The lowest BCUT2D eigenvalue weighted by molar-refractivity contribution is 0.342. The number of ether oxygens (including phenoxy) is 1. The van der Waals surface area contributed by atoms with E-state index in [4.69, 9.17) is 16.3 Å². The van der Waals surface area contributed by atoms with Crippen LogP contribution in [0.25, 0.3) is 0 Å². The van der Waals surface area contributed by atoms with E-state index in [0.717, 1.165) is 0 Å². The van der Waals surface area contributed by atoms with Crippen molar-refractivity contribution < 1.29 is 13.2 Å². The molecule has 0 aliphatic heterocycles. The standard InChI is InChI=1S/C10H14ClNO3S/c1-3-15-10-6-5-8(11)7-9(10)12-16(13,14)4-2/h5-7,12H,3-4H2,1-2H3. The molecular formula is C10H14ClNO3S. The summed E-state index contributed by atoms with van der Waals surface area (Å²) in [6, 6.07) is 4.81. The van der Waals surface area contributed by atoms with E-state index in [1.165, 1.54) is 6.07 Å². The Balaban J connectivity index is 3.05. The van der Waals surface area contributed by atoms with Gasteiger partial charge in [-0.2, -0.15) is 0 Å². The van der Waals surface area contributed by atoms with Gasteiger partial charge in [-0.1, -0.05) is 11.6 Å². The Hall–Kier alpha value is -0.940. The van der Waals surface area contributed by atoms with Gasteiger partial charge in [-0.3, -0.25) is 4.72 Å². The van der Waals surface area contributed by atoms with Crippen LogP contribution in [-0.4, -0.2) is 20.8 Å². The molecule has 0 atom stereocenters. The quantitative estimate of drug-likeness (QED) is 0.888. The van der Waals surface area contributed by atoms with E-state index in [1.807, 2.05) is 6.92 Å². The summed E-state index contributed by atoms with van der Waals surface area (Å²) in [5.74, 6) is 0.481. The second-order valence-corrected chi connectivity index (χ2v) is 5.53. The van der Waals surface area contributed by atoms with Gasteiger partial charge in [0.1, 0.15) is 5.75 Å². The van der Waals surface area contributed by atoms with Gasteiger partial charge >= 0.3 is 0 Å². The van der Waals surface area contributed by atoms with Crippen molar-refractivity contribution >= 4 is 27.3 Å². The van der Waals surface area contributed by atoms with E-state index in [0.29, 0.717) is 23.1 Å². The van der Waals surface area contributed by atoms with Gasteiger partial charge in [0.25, 0.3) is 0 Å². The SMILES string of the molecule is CCOc1ccc(Cl)cc1NS(=O)(=O)CC. The number of sulfonamides is 1. The number of rotatable bonds is 5. The molecule has 0 amide bonds. The van der Waals surface area contributed by atoms with Crippen LogP contribution >= 0.6 is 11.6 Å². The number of benzene rings is 1. The highest BCUT2D eigenvalue weighted by Crippen LogP contribution is 2.28. The summed E-state index contributed by atoms with van der Waals surface area (Å²) >= 11 is 5.80. The molecule has 0 spiro atoms. The molecule has 0 bridgehead atoms. The van der Waals surface area contributed by atoms with Crippen molar-refractivity contribution in [3.8, 4) is 5.75 Å². The highest BCUT2D eigenvalue weighted by molar-refractivity contribution is 7.92. The maximum atomic E-state index is 11.4. The van der Waals surface area contributed by atoms with Crippen molar-refractivity contribution in [2.24, 2.45) is 0 Å². The lowest BCUT2D eigenvalue weighted by Crippen LogP contribution is -2.15. The minimum atomic E-state index is -3.32. The normalized spacial score (nSPS) is 11.2. The summed E-state index contributed by atoms with van der Waals surface area (Å²) in [6.45, 7) is 3.85. The molecule has 4 nitrogen and oxygen atoms in total. The lowest BCUT2D eigenvalue weighted by atomic mass is 10.3. The van der Waals surface area contributed by atoms with Crippen LogP contribution in [-0.2, 0) is 10.0 Å². The molecule has 0 saturated heterocycles. The van der Waals surface area contributed by atoms with Gasteiger partial charge in [-0.15, -0.1) is 0 Å². The van der Waals surface area contributed by atoms with Gasteiger partial charge in [0.05, 0.1) is 18.0 Å². The van der Waals surface area contributed by atoms with Crippen LogP contribution in [0.4, 0.5) is 5.69 Å². The van der Waals surface area contributed by atoms with Crippen LogP contribution in [0, 0.1) is 0 Å². The third-order valence-electron chi connectivity index (χ3n) is 1.89. The molecule has 1 rings (SSSR count). The zero-order chi connectivity index (χ0) is 12.2. The first-order valence-corrected chi connectivity index (χ1v) is 6.94. The molecule has 0 aromatic heterocycles. The molecule has 6 heteroatoms. The Labute approximate surface area is 101 Å². The van der Waals surface area contributed by atoms with Crippen LogP contribution in [0.15, 0.2) is 18.2 Å². The van der Waals surface area contributed by atoms with E-state index in [9.17, 15) is 8.42 Å². The average Bonchev–Trinajstić information content (AvgIpc) is 2.22. The van der Waals surface area contributed by atoms with E-state index in [1.54, 1.807) is 19.1 Å². The molecule has 0 fully saturated rings. The van der Waals surface area contributed by atoms with E-state index >= 15 is 0 Å². The summed E-state index contributed by atoms with van der Waals surface area (Å²) in [5.41, 5.74) is 0.371. The summed E-state index contributed by atoms with van der Waals surface area (Å²) in [4.78, 5) is 0. The molecule has 0 heterocycles. The van der Waals surface area contributed by atoms with Crippen LogP contribution in [0.5, 0.6) is 5.75 Å². The Kier molecular flexibility index (Phi) is 4.44. The molecule has 1 N–H and O–H groups in total. The lowest BCUT2D eigenvalue weighted by Gasteiger charge is -2.12. The van der Waals surface area contributed by atoms with Crippen LogP contribution < -0.4 is 9.46 Å². The molecule has 0 aliphatic rings. The van der Waals surface area contributed by atoms with Crippen molar-refractivity contribution in [2.45, 2.75) is 13.8 Å². The highest BCUT2D eigenvalue weighted by Gasteiger charge is 2.11. The molecule has 0 aliphatic carbocycles. The third kappa shape index (κ3) is 3.57. The molecule has 1 aromatic rings. The van der Waals surface area contributed by atoms with Gasteiger partial charge in [-0.05, 0) is 32.0 Å². The third-order valence-corrected chi connectivity index (χ3v) is 3.41. The van der Waals surface area contributed by atoms with Crippen LogP contribution in [0.3, 0.4) is 0 Å². The molecule has 0 radical (unpaired) electrons. The maximum absolute atomic E-state index is 11.4. The zero-order valence-corrected chi connectivity index (χ0v) is 10.7. The van der Waals surface area contributed by atoms with E-state index < -0.39 is 10.0 Å². The second-order valence-electron chi connectivity index (χ2n) is 3.08. The summed E-state index contributed by atoms with van der Waals surface area (Å²) < 4.78 is 30.6. The number of halogens is 1. The summed E-state index contributed by atoms with van der Waals surface area (Å²) in [6.07, 6.45) is 0. The maximum Gasteiger partial charge on any atom is 0.232 e. The number of hydrogen-bond acceptors (Lipinski definition) is 3. The minimum absolute atomic E-state index is 0.00504. The van der Waals surface area contributed by atoms with Crippen molar-refractivity contribution in [1.82, 2.24) is 0 Å². The van der Waals surface area contributed by atoms with Crippen molar-refractivity contribution in [3.05, 3.63) is 23.2 Å². The van der Waals surface area contributed by atoms with Gasteiger partial charge < -0.3 is 4.74 Å². The van der Waals surface area contributed by atoms with Gasteiger partial charge in [0, 0.05) is 5.02 Å². The van der Waals surface area contributed by atoms with E-state index in [-0.39, 0.29) is 5.75 Å². The predicted octanol–water partition coefficient (Wildman–Crippen LogP) is 2.50. The molecule has 90 valence electrons. The Bertz CT molecular complexity index is 459. The fourth-order valence-electron chi connectivity index (χ4n) is 1.10. The van der Waals surface area contributed by atoms with Crippen LogP contribution in [0.2, 0.25) is 5.02 Å². The van der Waals surface area contributed by atoms with E-state index in [2.05, 4.69) is 4.72 Å². The first-order chi connectivity index (χ1) is 7.48. The van der Waals surface area contributed by atoms with Crippen molar-refractivity contribution in [3.63, 3.8) is 0 Å². The largest absolute Gasteiger partial charge is 0.492 e. The van der Waals surface area contributed by atoms with Gasteiger partial charge in [0.15, 0.2) is 0 Å². The topological polar surface area (TPSA) is 55.4 Å². The Morgan fingerprint density at radius 2 is 2.06 bits per heavy atom. The molecule has 0 saturated carbocycles. The van der Waals surface area contributed by atoms with Gasteiger partial charge in [-0.25, -0.2) is 8.42 Å². The van der Waals surface area contributed by atoms with Crippen molar-refractivity contribution in [2.75, 3.05) is 17.1 Å². The number of hydrogen-bond donors (Lipinski definition) is 1. The molecule has 0 unspecified atom stereocenters. The fraction of sp³-hybridized carbons (Fsp3) is 0.400. The fourth-order valence-corrected chi connectivity index (χ4v) is 1.91. The zero-order valence-electron chi connectivity index (χ0n) is 9.16. The first-order valence-electron chi connectivity index (χ1n) is 4.91. The first kappa shape index (κ1) is 13.1. The molecule has 1 aromatic carbocycles. The molecular weight excluding hydrogens is 250 g/mol. The predicted molar refractivity (Wildman–Crippen MR) is 65.7 cm³/mol. The Morgan fingerprint density at radius 1 is 1.38 bits per heavy atom. The smallest absolute Gasteiger partial charge is 0.232 e. The summed E-state index contributed by atoms with van der Waals surface area (Å²) in [5, 5.41) is 0.456. The second kappa shape index (κ2) is 5.41. The van der Waals surface area contributed by atoms with Crippen LogP contribution in [0.1, 0.15) is 13.8 Å². The molecule has 16 heavy (non-hydrogen) atoms. The average molecular weight is 264 g/mol.